The molecule has 0 aliphatic carbocycles. The molecule has 1 atom stereocenters. The van der Waals surface area contributed by atoms with Crippen LogP contribution in [0.5, 0.6) is 0 Å². The molecule has 0 saturated heterocycles. The molecule has 0 fully saturated rings. The third kappa shape index (κ3) is 5.42. The number of methoxy groups -OCH3 is 1. The number of anilines is 1. The molecule has 1 aromatic rings. The molecular weight excluding hydrogens is 276 g/mol. The van der Waals surface area contributed by atoms with E-state index < -0.39 is 5.97 Å². The number of nitrogens with zero attached hydrogens (tertiary/aromatic N) is 3. The minimum atomic E-state index is -0.930. The molecule has 2 N–H and O–H groups in total. The Morgan fingerprint density at radius 3 is 2.86 bits per heavy atom. The third-order valence-corrected chi connectivity index (χ3v) is 3.01. The minimum absolute atomic E-state index is 0.0889. The summed E-state index contributed by atoms with van der Waals surface area (Å²) in [6.45, 7) is 5.07. The van der Waals surface area contributed by atoms with Crippen molar-refractivity contribution in [2.45, 2.75) is 32.9 Å². The minimum Gasteiger partial charge on any atom is -0.481 e. The van der Waals surface area contributed by atoms with E-state index >= 15 is 0 Å². The van der Waals surface area contributed by atoms with Gasteiger partial charge in [0.05, 0.1) is 31.5 Å². The highest BCUT2D eigenvalue weighted by molar-refractivity contribution is 5.89. The Kier molecular flexibility index (Phi) is 6.67. The number of carbonyl (C=O) groups is 2. The first-order valence-electron chi connectivity index (χ1n) is 6.78. The van der Waals surface area contributed by atoms with E-state index in [9.17, 15) is 9.59 Å². The Morgan fingerprint density at radius 1 is 1.57 bits per heavy atom. The molecule has 8 heteroatoms. The van der Waals surface area contributed by atoms with Crippen LogP contribution in [0.4, 0.5) is 10.5 Å². The second-order valence-electron chi connectivity index (χ2n) is 4.65. The van der Waals surface area contributed by atoms with Gasteiger partial charge in [0.25, 0.3) is 0 Å². The van der Waals surface area contributed by atoms with E-state index in [2.05, 4.69) is 10.4 Å². The lowest BCUT2D eigenvalue weighted by Gasteiger charge is -2.26. The number of aromatic nitrogens is 2. The first kappa shape index (κ1) is 17.0. The number of nitrogens with one attached hydrogen (secondary N) is 1. The standard InChI is InChI=1S/C13H22N4O4/c1-4-17(10(2)7-12(18)19)13(20)15-11-8-14-16(9-11)5-6-21-3/h8-10H,4-7H2,1-3H3,(H,15,20)(H,18,19). The summed E-state index contributed by atoms with van der Waals surface area (Å²) >= 11 is 0. The highest BCUT2D eigenvalue weighted by Crippen LogP contribution is 2.10. The molecule has 1 rings (SSSR count). The van der Waals surface area contributed by atoms with E-state index in [1.165, 1.54) is 4.90 Å². The summed E-state index contributed by atoms with van der Waals surface area (Å²) in [5.41, 5.74) is 0.567. The Hall–Kier alpha value is -2.09. The van der Waals surface area contributed by atoms with Crippen LogP contribution in [0, 0.1) is 0 Å². The molecule has 0 spiro atoms. The Bertz CT molecular complexity index is 474. The molecule has 21 heavy (non-hydrogen) atoms. The van der Waals surface area contributed by atoms with Crippen molar-refractivity contribution in [3.63, 3.8) is 0 Å². The first-order chi connectivity index (χ1) is 9.97. The number of ether oxygens (including phenoxy) is 1. The second kappa shape index (κ2) is 8.25. The second-order valence-corrected chi connectivity index (χ2v) is 4.65. The van der Waals surface area contributed by atoms with E-state index in [-0.39, 0.29) is 18.5 Å². The van der Waals surface area contributed by atoms with Gasteiger partial charge in [-0.2, -0.15) is 5.10 Å². The smallest absolute Gasteiger partial charge is 0.322 e. The summed E-state index contributed by atoms with van der Waals surface area (Å²) in [6, 6.07) is -0.714. The largest absolute Gasteiger partial charge is 0.481 e. The van der Waals surface area contributed by atoms with Gasteiger partial charge >= 0.3 is 12.0 Å². The number of aliphatic carboxylic acids is 1. The molecule has 2 amide bonds. The molecule has 0 bridgehead atoms. The fraction of sp³-hybridized carbons (Fsp3) is 0.615. The van der Waals surface area contributed by atoms with E-state index in [4.69, 9.17) is 9.84 Å². The normalized spacial score (nSPS) is 12.0. The average Bonchev–Trinajstić information content (AvgIpc) is 2.83. The van der Waals surface area contributed by atoms with Crippen molar-refractivity contribution in [2.24, 2.45) is 0 Å². The van der Waals surface area contributed by atoms with Crippen molar-refractivity contribution >= 4 is 17.7 Å². The topological polar surface area (TPSA) is 96.7 Å². The van der Waals surface area contributed by atoms with Crippen molar-refractivity contribution in [3.05, 3.63) is 12.4 Å². The summed E-state index contributed by atoms with van der Waals surface area (Å²) in [6.07, 6.45) is 3.16. The van der Waals surface area contributed by atoms with Crippen LogP contribution in [0.2, 0.25) is 0 Å². The molecule has 1 aromatic heterocycles. The summed E-state index contributed by atoms with van der Waals surface area (Å²) in [5, 5.41) is 15.6. The van der Waals surface area contributed by atoms with E-state index in [0.29, 0.717) is 25.4 Å². The van der Waals surface area contributed by atoms with Gasteiger partial charge < -0.3 is 20.1 Å². The number of amides is 2. The van der Waals surface area contributed by atoms with Gasteiger partial charge in [-0.25, -0.2) is 4.79 Å². The van der Waals surface area contributed by atoms with Crippen molar-refractivity contribution in [2.75, 3.05) is 25.6 Å². The van der Waals surface area contributed by atoms with E-state index in [0.717, 1.165) is 0 Å². The van der Waals surface area contributed by atoms with Gasteiger partial charge in [0, 0.05) is 25.9 Å². The van der Waals surface area contributed by atoms with Gasteiger partial charge in [-0.15, -0.1) is 0 Å². The third-order valence-electron chi connectivity index (χ3n) is 3.01. The van der Waals surface area contributed by atoms with Crippen molar-refractivity contribution < 1.29 is 19.4 Å². The predicted molar refractivity (Wildman–Crippen MR) is 77.2 cm³/mol. The quantitative estimate of drug-likeness (QED) is 0.753. The van der Waals surface area contributed by atoms with E-state index in [1.807, 2.05) is 0 Å². The van der Waals surface area contributed by atoms with Gasteiger partial charge in [-0.1, -0.05) is 0 Å². The van der Waals surface area contributed by atoms with Crippen LogP contribution in [0.15, 0.2) is 12.4 Å². The monoisotopic (exact) mass is 298 g/mol. The van der Waals surface area contributed by atoms with Gasteiger partial charge in [0.2, 0.25) is 0 Å². The number of carboxylic acid groups (broad SMARTS) is 1. The lowest BCUT2D eigenvalue weighted by Crippen LogP contribution is -2.42. The van der Waals surface area contributed by atoms with Gasteiger partial charge in [0.15, 0.2) is 0 Å². The molecule has 118 valence electrons. The van der Waals surface area contributed by atoms with Crippen LogP contribution in [0.1, 0.15) is 20.3 Å². The molecule has 0 saturated carbocycles. The Balaban J connectivity index is 2.61. The molecule has 0 radical (unpaired) electrons. The first-order valence-corrected chi connectivity index (χ1v) is 6.78. The number of hydrogen-bond donors (Lipinski definition) is 2. The Morgan fingerprint density at radius 2 is 2.29 bits per heavy atom. The lowest BCUT2D eigenvalue weighted by atomic mass is 10.2. The van der Waals surface area contributed by atoms with Crippen LogP contribution < -0.4 is 5.32 Å². The number of carbonyl (C=O) groups excluding carboxylic acids is 1. The molecule has 0 aromatic carbocycles. The summed E-state index contributed by atoms with van der Waals surface area (Å²) in [4.78, 5) is 24.4. The zero-order chi connectivity index (χ0) is 15.8. The van der Waals surface area contributed by atoms with Crippen LogP contribution in [-0.4, -0.2) is 58.1 Å². The van der Waals surface area contributed by atoms with Crippen molar-refractivity contribution in [1.82, 2.24) is 14.7 Å². The highest BCUT2D eigenvalue weighted by atomic mass is 16.5. The molecule has 8 nitrogen and oxygen atoms in total. The maximum Gasteiger partial charge on any atom is 0.322 e. The Labute approximate surface area is 123 Å². The zero-order valence-electron chi connectivity index (χ0n) is 12.6. The summed E-state index contributed by atoms with van der Waals surface area (Å²) in [5.74, 6) is -0.930. The molecular formula is C13H22N4O4. The molecule has 0 aliphatic heterocycles. The fourth-order valence-electron chi connectivity index (χ4n) is 1.95. The molecule has 0 aliphatic rings. The molecule has 1 unspecified atom stereocenters. The van der Waals surface area contributed by atoms with Crippen LogP contribution in [-0.2, 0) is 16.1 Å². The predicted octanol–water partition coefficient (Wildman–Crippen LogP) is 1.25. The van der Waals surface area contributed by atoms with Crippen LogP contribution in [0.3, 0.4) is 0 Å². The number of carboxylic acids is 1. The SMILES string of the molecule is CCN(C(=O)Nc1cnn(CCOC)c1)C(C)CC(=O)O. The van der Waals surface area contributed by atoms with E-state index in [1.54, 1.807) is 38.0 Å². The van der Waals surface area contributed by atoms with Crippen molar-refractivity contribution in [3.8, 4) is 0 Å². The maximum atomic E-state index is 12.2. The van der Waals surface area contributed by atoms with Gasteiger partial charge in [-0.05, 0) is 13.8 Å². The number of urea groups is 1. The average molecular weight is 298 g/mol. The lowest BCUT2D eigenvalue weighted by molar-refractivity contribution is -0.137. The van der Waals surface area contributed by atoms with Crippen molar-refractivity contribution in [1.29, 1.82) is 0 Å². The number of rotatable bonds is 8. The maximum absolute atomic E-state index is 12.2. The highest BCUT2D eigenvalue weighted by Gasteiger charge is 2.21. The van der Waals surface area contributed by atoms with Crippen LogP contribution in [0.25, 0.3) is 0 Å². The van der Waals surface area contributed by atoms with Gasteiger partial charge in [0.1, 0.15) is 0 Å². The fourth-order valence-corrected chi connectivity index (χ4v) is 1.95. The van der Waals surface area contributed by atoms with Crippen LogP contribution >= 0.6 is 0 Å². The summed E-state index contributed by atoms with van der Waals surface area (Å²) < 4.78 is 6.61. The number of hydrogen-bond acceptors (Lipinski definition) is 4. The van der Waals surface area contributed by atoms with Gasteiger partial charge in [-0.3, -0.25) is 9.48 Å². The summed E-state index contributed by atoms with van der Waals surface area (Å²) in [7, 11) is 1.61. The molecule has 1 heterocycles. The zero-order valence-corrected chi connectivity index (χ0v) is 12.6.